The third-order valence-corrected chi connectivity index (χ3v) is 4.97. The Bertz CT molecular complexity index is 636. The van der Waals surface area contributed by atoms with Crippen molar-refractivity contribution in [3.8, 4) is 0 Å². The summed E-state index contributed by atoms with van der Waals surface area (Å²) in [5.41, 5.74) is 4.70. The van der Waals surface area contributed by atoms with Gasteiger partial charge in [0.05, 0.1) is 17.1 Å². The maximum absolute atomic E-state index is 12.4. The molecule has 3 heteroatoms. The number of hydrogen-bond donors (Lipinski definition) is 0. The SMILES string of the molecule is Cc1ccc(N2Cc3ccccc3S2=O)cc1C. The molecule has 1 unspecified atom stereocenters. The van der Waals surface area contributed by atoms with E-state index in [2.05, 4.69) is 26.0 Å². The van der Waals surface area contributed by atoms with E-state index < -0.39 is 11.0 Å². The number of benzene rings is 2. The van der Waals surface area contributed by atoms with Crippen molar-refractivity contribution in [2.24, 2.45) is 0 Å². The number of anilines is 1. The summed E-state index contributed by atoms with van der Waals surface area (Å²) in [5, 5.41) is 0. The van der Waals surface area contributed by atoms with Gasteiger partial charge in [-0.1, -0.05) is 24.3 Å². The lowest BCUT2D eigenvalue weighted by molar-refractivity contribution is 0.683. The highest BCUT2D eigenvalue weighted by molar-refractivity contribution is 7.86. The molecule has 18 heavy (non-hydrogen) atoms. The monoisotopic (exact) mass is 257 g/mol. The largest absolute Gasteiger partial charge is 0.283 e. The first kappa shape index (κ1) is 11.5. The Kier molecular flexibility index (Phi) is 2.71. The molecule has 0 saturated heterocycles. The second-order valence-electron chi connectivity index (χ2n) is 4.66. The van der Waals surface area contributed by atoms with E-state index in [4.69, 9.17) is 0 Å². The molecule has 0 aliphatic carbocycles. The molecule has 0 spiro atoms. The number of rotatable bonds is 1. The van der Waals surface area contributed by atoms with Gasteiger partial charge in [-0.3, -0.25) is 4.31 Å². The molecule has 1 aliphatic heterocycles. The fraction of sp³-hybridized carbons (Fsp3) is 0.200. The summed E-state index contributed by atoms with van der Waals surface area (Å²) in [5.74, 6) is 0. The summed E-state index contributed by atoms with van der Waals surface area (Å²) < 4.78 is 14.4. The van der Waals surface area contributed by atoms with Crippen molar-refractivity contribution in [2.45, 2.75) is 25.3 Å². The Balaban J connectivity index is 2.01. The molecular weight excluding hydrogens is 242 g/mol. The Morgan fingerprint density at radius 3 is 2.56 bits per heavy atom. The zero-order chi connectivity index (χ0) is 12.7. The highest BCUT2D eigenvalue weighted by Gasteiger charge is 2.26. The van der Waals surface area contributed by atoms with Crippen LogP contribution in [-0.4, -0.2) is 4.21 Å². The fourth-order valence-electron chi connectivity index (χ4n) is 2.20. The zero-order valence-corrected chi connectivity index (χ0v) is 11.3. The lowest BCUT2D eigenvalue weighted by Crippen LogP contribution is -2.18. The maximum atomic E-state index is 12.4. The maximum Gasteiger partial charge on any atom is 0.153 e. The van der Waals surface area contributed by atoms with Gasteiger partial charge in [0.15, 0.2) is 11.0 Å². The third kappa shape index (κ3) is 1.75. The molecule has 1 atom stereocenters. The molecule has 3 rings (SSSR count). The molecule has 0 N–H and O–H groups in total. The predicted molar refractivity (Wildman–Crippen MR) is 74.9 cm³/mol. The first-order valence-corrected chi connectivity index (χ1v) is 7.12. The number of fused-ring (bicyclic) bond motifs is 1. The van der Waals surface area contributed by atoms with Gasteiger partial charge in [-0.15, -0.1) is 0 Å². The molecule has 0 radical (unpaired) electrons. The van der Waals surface area contributed by atoms with E-state index in [1.54, 1.807) is 0 Å². The van der Waals surface area contributed by atoms with Crippen molar-refractivity contribution >= 4 is 16.7 Å². The first-order chi connectivity index (χ1) is 8.66. The van der Waals surface area contributed by atoms with E-state index in [0.29, 0.717) is 0 Å². The van der Waals surface area contributed by atoms with Crippen LogP contribution in [0.2, 0.25) is 0 Å². The fourth-order valence-corrected chi connectivity index (χ4v) is 3.56. The molecule has 2 nitrogen and oxygen atoms in total. The van der Waals surface area contributed by atoms with Crippen molar-refractivity contribution in [1.82, 2.24) is 0 Å². The number of nitrogens with zero attached hydrogens (tertiary/aromatic N) is 1. The van der Waals surface area contributed by atoms with Crippen LogP contribution in [0.5, 0.6) is 0 Å². The lowest BCUT2D eigenvalue weighted by atomic mass is 10.1. The van der Waals surface area contributed by atoms with Crippen LogP contribution in [0, 0.1) is 13.8 Å². The van der Waals surface area contributed by atoms with Gasteiger partial charge in [-0.05, 0) is 48.7 Å². The van der Waals surface area contributed by atoms with Gasteiger partial charge in [0.2, 0.25) is 0 Å². The molecule has 2 aromatic rings. The summed E-state index contributed by atoms with van der Waals surface area (Å²) >= 11 is 0. The molecule has 2 aromatic carbocycles. The van der Waals surface area contributed by atoms with Gasteiger partial charge in [-0.25, -0.2) is 4.21 Å². The highest BCUT2D eigenvalue weighted by Crippen LogP contribution is 2.32. The Labute approximate surface area is 110 Å². The van der Waals surface area contributed by atoms with Crippen LogP contribution in [-0.2, 0) is 17.5 Å². The molecule has 0 aromatic heterocycles. The summed E-state index contributed by atoms with van der Waals surface area (Å²) in [6, 6.07) is 14.2. The molecule has 92 valence electrons. The van der Waals surface area contributed by atoms with Crippen molar-refractivity contribution < 1.29 is 4.21 Å². The summed E-state index contributed by atoms with van der Waals surface area (Å²) in [6.07, 6.45) is 0. The Morgan fingerprint density at radius 1 is 1.06 bits per heavy atom. The second kappa shape index (κ2) is 4.25. The number of hydrogen-bond acceptors (Lipinski definition) is 1. The Hall–Kier alpha value is -1.61. The molecule has 0 bridgehead atoms. The standard InChI is InChI=1S/C15H15NOS/c1-11-7-8-14(9-12(11)2)16-10-13-5-3-4-6-15(13)18(16)17/h3-9H,10H2,1-2H3. The molecule has 1 aliphatic rings. The van der Waals surface area contributed by atoms with Crippen LogP contribution < -0.4 is 4.31 Å². The van der Waals surface area contributed by atoms with E-state index in [9.17, 15) is 4.21 Å². The molecule has 0 fully saturated rings. The van der Waals surface area contributed by atoms with Crippen molar-refractivity contribution in [1.29, 1.82) is 0 Å². The van der Waals surface area contributed by atoms with Gasteiger partial charge in [0.1, 0.15) is 0 Å². The third-order valence-electron chi connectivity index (χ3n) is 3.45. The van der Waals surface area contributed by atoms with Crippen molar-refractivity contribution in [3.05, 3.63) is 59.2 Å². The van der Waals surface area contributed by atoms with Crippen LogP contribution in [0.25, 0.3) is 0 Å². The minimum Gasteiger partial charge on any atom is -0.283 e. The molecule has 0 amide bonds. The minimum atomic E-state index is -1.07. The van der Waals surface area contributed by atoms with E-state index in [1.165, 1.54) is 11.1 Å². The second-order valence-corrected chi connectivity index (χ2v) is 6.04. The molecular formula is C15H15NOS. The zero-order valence-electron chi connectivity index (χ0n) is 10.5. The summed E-state index contributed by atoms with van der Waals surface area (Å²) in [7, 11) is -1.07. The van der Waals surface area contributed by atoms with Crippen molar-refractivity contribution in [3.63, 3.8) is 0 Å². The van der Waals surface area contributed by atoms with Gasteiger partial charge in [0.25, 0.3) is 0 Å². The van der Waals surface area contributed by atoms with Crippen LogP contribution in [0.1, 0.15) is 16.7 Å². The van der Waals surface area contributed by atoms with Crippen LogP contribution in [0.3, 0.4) is 0 Å². The van der Waals surface area contributed by atoms with E-state index >= 15 is 0 Å². The smallest absolute Gasteiger partial charge is 0.153 e. The summed E-state index contributed by atoms with van der Waals surface area (Å²) in [6.45, 7) is 4.91. The van der Waals surface area contributed by atoms with E-state index in [0.717, 1.165) is 22.7 Å². The van der Waals surface area contributed by atoms with Crippen molar-refractivity contribution in [2.75, 3.05) is 4.31 Å². The molecule has 0 saturated carbocycles. The van der Waals surface area contributed by atoms with Gasteiger partial charge in [-0.2, -0.15) is 0 Å². The normalized spacial score (nSPS) is 17.9. The quantitative estimate of drug-likeness (QED) is 0.767. The summed E-state index contributed by atoms with van der Waals surface area (Å²) in [4.78, 5) is 0.940. The first-order valence-electron chi connectivity index (χ1n) is 6.01. The topological polar surface area (TPSA) is 20.3 Å². The number of aryl methyl sites for hydroxylation is 2. The van der Waals surface area contributed by atoms with Gasteiger partial charge >= 0.3 is 0 Å². The van der Waals surface area contributed by atoms with E-state index in [1.807, 2.05) is 34.6 Å². The average Bonchev–Trinajstić information content (AvgIpc) is 2.71. The van der Waals surface area contributed by atoms with Crippen LogP contribution in [0.4, 0.5) is 5.69 Å². The molecule has 1 heterocycles. The average molecular weight is 257 g/mol. The Morgan fingerprint density at radius 2 is 1.83 bits per heavy atom. The van der Waals surface area contributed by atoms with Gasteiger partial charge in [0, 0.05) is 0 Å². The lowest BCUT2D eigenvalue weighted by Gasteiger charge is -2.17. The highest BCUT2D eigenvalue weighted by atomic mass is 32.2. The minimum absolute atomic E-state index is 0.727. The predicted octanol–water partition coefficient (Wildman–Crippen LogP) is 3.35. The van der Waals surface area contributed by atoms with Crippen LogP contribution in [0.15, 0.2) is 47.4 Å². The van der Waals surface area contributed by atoms with Gasteiger partial charge < -0.3 is 0 Å². The van der Waals surface area contributed by atoms with Crippen LogP contribution >= 0.6 is 0 Å². The van der Waals surface area contributed by atoms with E-state index in [-0.39, 0.29) is 0 Å².